The molecule has 4 bridgehead atoms. The van der Waals surface area contributed by atoms with Gasteiger partial charge >= 0.3 is 0 Å². The van der Waals surface area contributed by atoms with Crippen molar-refractivity contribution in [1.29, 1.82) is 0 Å². The Morgan fingerprint density at radius 1 is 0.938 bits per heavy atom. The maximum absolute atomic E-state index is 11.0. The molecule has 3 nitrogen and oxygen atoms in total. The Morgan fingerprint density at radius 3 is 1.88 bits per heavy atom. The van der Waals surface area contributed by atoms with Crippen molar-refractivity contribution in [2.75, 3.05) is 5.75 Å². The summed E-state index contributed by atoms with van der Waals surface area (Å²) in [5.41, 5.74) is 0. The number of rotatable bonds is 3. The molecule has 0 heterocycles. The quantitative estimate of drug-likeness (QED) is 0.820. The van der Waals surface area contributed by atoms with Gasteiger partial charge in [0.05, 0.1) is 5.75 Å². The molecular weight excluding hydrogens is 222 g/mol. The number of sulfonamides is 1. The lowest BCUT2D eigenvalue weighted by Crippen LogP contribution is -2.45. The highest BCUT2D eigenvalue weighted by atomic mass is 32.2. The summed E-state index contributed by atoms with van der Waals surface area (Å²) >= 11 is 0. The SMILES string of the molecule is NS(=O)(=O)CCC1C2CC3CC(C2)CC1C3. The molecule has 4 aliphatic carbocycles. The third kappa shape index (κ3) is 2.02. The van der Waals surface area contributed by atoms with Crippen molar-refractivity contribution in [2.24, 2.45) is 34.7 Å². The molecule has 4 fully saturated rings. The zero-order valence-electron chi connectivity index (χ0n) is 9.64. The molecule has 2 N–H and O–H groups in total. The van der Waals surface area contributed by atoms with Crippen LogP contribution in [0.25, 0.3) is 0 Å². The van der Waals surface area contributed by atoms with Crippen LogP contribution in [0.5, 0.6) is 0 Å². The molecule has 0 atom stereocenters. The second-order valence-electron chi connectivity index (χ2n) is 6.25. The molecule has 92 valence electrons. The summed E-state index contributed by atoms with van der Waals surface area (Å²) in [5.74, 6) is 4.42. The fourth-order valence-electron chi connectivity index (χ4n) is 4.81. The van der Waals surface area contributed by atoms with Crippen LogP contribution in [0.4, 0.5) is 0 Å². The van der Waals surface area contributed by atoms with Gasteiger partial charge in [-0.25, -0.2) is 13.6 Å². The highest BCUT2D eigenvalue weighted by Crippen LogP contribution is 2.57. The van der Waals surface area contributed by atoms with E-state index in [1.54, 1.807) is 0 Å². The zero-order chi connectivity index (χ0) is 11.3. The molecule has 0 unspecified atom stereocenters. The minimum Gasteiger partial charge on any atom is -0.229 e. The Morgan fingerprint density at radius 2 is 1.44 bits per heavy atom. The minimum absolute atomic E-state index is 0.194. The van der Waals surface area contributed by atoms with E-state index in [9.17, 15) is 8.42 Å². The van der Waals surface area contributed by atoms with Crippen molar-refractivity contribution in [2.45, 2.75) is 38.5 Å². The lowest BCUT2D eigenvalue weighted by Gasteiger charge is -2.54. The smallest absolute Gasteiger partial charge is 0.209 e. The molecule has 0 aromatic carbocycles. The van der Waals surface area contributed by atoms with Gasteiger partial charge in [-0.1, -0.05) is 0 Å². The predicted molar refractivity (Wildman–Crippen MR) is 63.1 cm³/mol. The first kappa shape index (κ1) is 11.0. The molecule has 4 rings (SSSR count). The number of hydrogen-bond acceptors (Lipinski definition) is 2. The van der Waals surface area contributed by atoms with Gasteiger partial charge in [0.2, 0.25) is 10.0 Å². The Labute approximate surface area is 97.8 Å². The monoisotopic (exact) mass is 243 g/mol. The highest BCUT2D eigenvalue weighted by molar-refractivity contribution is 7.89. The predicted octanol–water partition coefficient (Wildman–Crippen LogP) is 1.74. The first-order valence-electron chi connectivity index (χ1n) is 6.52. The lowest BCUT2D eigenvalue weighted by atomic mass is 9.51. The van der Waals surface area contributed by atoms with Gasteiger partial charge in [-0.15, -0.1) is 0 Å². The van der Waals surface area contributed by atoms with Gasteiger partial charge in [0, 0.05) is 0 Å². The van der Waals surface area contributed by atoms with Crippen LogP contribution in [0.2, 0.25) is 0 Å². The molecule has 4 saturated carbocycles. The van der Waals surface area contributed by atoms with Gasteiger partial charge in [-0.05, 0) is 68.1 Å². The van der Waals surface area contributed by atoms with Crippen LogP contribution < -0.4 is 5.14 Å². The van der Waals surface area contributed by atoms with Gasteiger partial charge in [-0.2, -0.15) is 0 Å². The largest absolute Gasteiger partial charge is 0.229 e. The van der Waals surface area contributed by atoms with E-state index in [-0.39, 0.29) is 5.75 Å². The van der Waals surface area contributed by atoms with Crippen LogP contribution >= 0.6 is 0 Å². The minimum atomic E-state index is -3.26. The van der Waals surface area contributed by atoms with Crippen molar-refractivity contribution in [3.8, 4) is 0 Å². The van der Waals surface area contributed by atoms with Crippen LogP contribution in [-0.2, 0) is 10.0 Å². The molecule has 0 spiro atoms. The standard InChI is InChI=1S/C12H21NO2S/c13-16(14,15)2-1-12-10-4-8-3-9(6-10)7-11(12)5-8/h8-12H,1-7H2,(H2,13,14,15). The summed E-state index contributed by atoms with van der Waals surface area (Å²) in [6.07, 6.45) is 7.72. The Bertz CT molecular complexity index is 348. The topological polar surface area (TPSA) is 60.2 Å². The Balaban J connectivity index is 1.68. The second kappa shape index (κ2) is 3.70. The van der Waals surface area contributed by atoms with Crippen molar-refractivity contribution in [1.82, 2.24) is 0 Å². The third-order valence-electron chi connectivity index (χ3n) is 5.16. The lowest BCUT2D eigenvalue weighted by molar-refractivity contribution is -0.0373. The van der Waals surface area contributed by atoms with Crippen LogP contribution in [-0.4, -0.2) is 14.2 Å². The van der Waals surface area contributed by atoms with Gasteiger partial charge in [0.15, 0.2) is 0 Å². The normalized spacial score (nSPS) is 46.2. The maximum atomic E-state index is 11.0. The van der Waals surface area contributed by atoms with E-state index in [2.05, 4.69) is 0 Å². The van der Waals surface area contributed by atoms with Gasteiger partial charge < -0.3 is 0 Å². The molecular formula is C12H21NO2S. The number of hydrogen-bond donors (Lipinski definition) is 1. The van der Waals surface area contributed by atoms with E-state index in [0.29, 0.717) is 5.92 Å². The highest BCUT2D eigenvalue weighted by Gasteiger charge is 2.47. The van der Waals surface area contributed by atoms with Crippen molar-refractivity contribution in [3.05, 3.63) is 0 Å². The second-order valence-corrected chi connectivity index (χ2v) is 7.98. The first-order chi connectivity index (χ1) is 7.51. The average Bonchev–Trinajstić information content (AvgIpc) is 2.13. The first-order valence-corrected chi connectivity index (χ1v) is 8.23. The number of primary sulfonamides is 1. The van der Waals surface area contributed by atoms with Crippen molar-refractivity contribution >= 4 is 10.0 Å². The molecule has 0 aliphatic heterocycles. The van der Waals surface area contributed by atoms with Gasteiger partial charge in [-0.3, -0.25) is 0 Å². The molecule has 0 aromatic heterocycles. The molecule has 4 aliphatic rings. The molecule has 0 amide bonds. The zero-order valence-corrected chi connectivity index (χ0v) is 10.5. The van der Waals surface area contributed by atoms with Crippen LogP contribution in [0.15, 0.2) is 0 Å². The Kier molecular flexibility index (Phi) is 2.55. The van der Waals surface area contributed by atoms with Gasteiger partial charge in [0.1, 0.15) is 0 Å². The van der Waals surface area contributed by atoms with E-state index >= 15 is 0 Å². The maximum Gasteiger partial charge on any atom is 0.209 e. The van der Waals surface area contributed by atoms with E-state index in [1.165, 1.54) is 32.1 Å². The summed E-state index contributed by atoms with van der Waals surface area (Å²) in [6.45, 7) is 0. The van der Waals surface area contributed by atoms with Crippen molar-refractivity contribution < 1.29 is 8.42 Å². The summed E-state index contributed by atoms with van der Waals surface area (Å²) in [5, 5.41) is 5.11. The van der Waals surface area contributed by atoms with E-state index < -0.39 is 10.0 Å². The van der Waals surface area contributed by atoms with Crippen LogP contribution in [0.3, 0.4) is 0 Å². The summed E-state index contributed by atoms with van der Waals surface area (Å²) < 4.78 is 22.1. The molecule has 16 heavy (non-hydrogen) atoms. The Hall–Kier alpha value is -0.0900. The van der Waals surface area contributed by atoms with E-state index in [0.717, 1.165) is 30.1 Å². The molecule has 0 saturated heterocycles. The summed E-state index contributed by atoms with van der Waals surface area (Å²) in [4.78, 5) is 0. The van der Waals surface area contributed by atoms with Gasteiger partial charge in [0.25, 0.3) is 0 Å². The third-order valence-corrected chi connectivity index (χ3v) is 5.96. The van der Waals surface area contributed by atoms with E-state index in [4.69, 9.17) is 5.14 Å². The summed E-state index contributed by atoms with van der Waals surface area (Å²) in [7, 11) is -3.26. The number of nitrogens with two attached hydrogens (primary N) is 1. The summed E-state index contributed by atoms with van der Waals surface area (Å²) in [6, 6.07) is 0. The fourth-order valence-corrected chi connectivity index (χ4v) is 5.41. The molecule has 4 heteroatoms. The fraction of sp³-hybridized carbons (Fsp3) is 1.00. The van der Waals surface area contributed by atoms with Crippen LogP contribution in [0, 0.1) is 29.6 Å². The van der Waals surface area contributed by atoms with Crippen LogP contribution in [0.1, 0.15) is 38.5 Å². The average molecular weight is 243 g/mol. The van der Waals surface area contributed by atoms with E-state index in [1.807, 2.05) is 0 Å². The van der Waals surface area contributed by atoms with Crippen molar-refractivity contribution in [3.63, 3.8) is 0 Å². The molecule has 0 radical (unpaired) electrons. The molecule has 0 aromatic rings.